The lowest BCUT2D eigenvalue weighted by molar-refractivity contribution is 0.00578. The molecular formula is C15H18BNO2. The molecule has 0 spiro atoms. The summed E-state index contributed by atoms with van der Waals surface area (Å²) >= 11 is 0. The van der Waals surface area contributed by atoms with Crippen LogP contribution in [0.25, 0.3) is 6.08 Å². The molecule has 0 saturated carbocycles. The Morgan fingerprint density at radius 3 is 2.26 bits per heavy atom. The molecule has 1 aromatic rings. The quantitative estimate of drug-likeness (QED) is 0.762. The maximum Gasteiger partial charge on any atom is 0.487 e. The van der Waals surface area contributed by atoms with E-state index in [-0.39, 0.29) is 18.3 Å². The summed E-state index contributed by atoms with van der Waals surface area (Å²) in [5.74, 6) is 1.85. The summed E-state index contributed by atoms with van der Waals surface area (Å²) in [5.41, 5.74) is 0.850. The Morgan fingerprint density at radius 2 is 1.68 bits per heavy atom. The second-order valence-corrected chi connectivity index (χ2v) is 5.68. The fraction of sp³-hybridized carbons (Fsp3) is 0.400. The van der Waals surface area contributed by atoms with Crippen molar-refractivity contribution in [3.63, 3.8) is 0 Å². The molecule has 3 nitrogen and oxygen atoms in total. The molecule has 1 saturated heterocycles. The van der Waals surface area contributed by atoms with E-state index < -0.39 is 0 Å². The average Bonchev–Trinajstić information content (AvgIpc) is 2.55. The van der Waals surface area contributed by atoms with Gasteiger partial charge in [-0.3, -0.25) is 0 Å². The average molecular weight is 255 g/mol. The highest BCUT2D eigenvalue weighted by molar-refractivity contribution is 6.52. The Bertz CT molecular complexity index is 527. The van der Waals surface area contributed by atoms with Crippen LogP contribution in [-0.4, -0.2) is 18.3 Å². The van der Waals surface area contributed by atoms with Crippen LogP contribution < -0.4 is 0 Å². The van der Waals surface area contributed by atoms with Crippen LogP contribution in [0.1, 0.15) is 38.8 Å². The zero-order chi connectivity index (χ0) is 14.1. The van der Waals surface area contributed by atoms with Crippen LogP contribution in [-0.2, 0) is 9.31 Å². The van der Waals surface area contributed by atoms with Gasteiger partial charge >= 0.3 is 7.12 Å². The van der Waals surface area contributed by atoms with Gasteiger partial charge in [0.1, 0.15) is 0 Å². The zero-order valence-corrected chi connectivity index (χ0v) is 11.8. The van der Waals surface area contributed by atoms with Gasteiger partial charge in [0.25, 0.3) is 0 Å². The molecule has 1 aromatic carbocycles. The van der Waals surface area contributed by atoms with Crippen LogP contribution in [0, 0.1) is 11.3 Å². The fourth-order valence-corrected chi connectivity index (χ4v) is 1.89. The molecule has 0 bridgehead atoms. The van der Waals surface area contributed by atoms with E-state index >= 15 is 0 Å². The van der Waals surface area contributed by atoms with Crippen LogP contribution in [0.5, 0.6) is 0 Å². The Morgan fingerprint density at radius 1 is 1.11 bits per heavy atom. The van der Waals surface area contributed by atoms with Gasteiger partial charge in [0, 0.05) is 0 Å². The van der Waals surface area contributed by atoms with Gasteiger partial charge in [0.2, 0.25) is 0 Å². The lowest BCUT2D eigenvalue weighted by atomic mass is 9.88. The summed E-state index contributed by atoms with van der Waals surface area (Å²) in [5, 5.41) is 9.03. The van der Waals surface area contributed by atoms with E-state index in [2.05, 4.69) is 6.07 Å². The molecule has 1 fully saturated rings. The van der Waals surface area contributed by atoms with Crippen LogP contribution >= 0.6 is 0 Å². The number of nitriles is 1. The molecule has 19 heavy (non-hydrogen) atoms. The first kappa shape index (κ1) is 13.9. The molecule has 0 aliphatic carbocycles. The predicted octanol–water partition coefficient (Wildman–Crippen LogP) is 3.20. The van der Waals surface area contributed by atoms with Crippen LogP contribution in [0.2, 0.25) is 0 Å². The molecule has 1 aliphatic heterocycles. The summed E-state index contributed by atoms with van der Waals surface area (Å²) in [6.45, 7) is 8.07. The molecule has 0 radical (unpaired) electrons. The first-order valence-electron chi connectivity index (χ1n) is 6.39. The molecule has 1 heterocycles. The van der Waals surface area contributed by atoms with Crippen LogP contribution in [0.4, 0.5) is 0 Å². The first-order chi connectivity index (χ1) is 8.86. The Labute approximate surface area is 115 Å². The third kappa shape index (κ3) is 2.73. The molecule has 1 aliphatic rings. The highest BCUT2D eigenvalue weighted by Gasteiger charge is 2.49. The van der Waals surface area contributed by atoms with Crippen molar-refractivity contribution in [2.24, 2.45) is 0 Å². The maximum atomic E-state index is 9.03. The molecule has 98 valence electrons. The van der Waals surface area contributed by atoms with Crippen molar-refractivity contribution in [1.29, 1.82) is 5.26 Å². The maximum absolute atomic E-state index is 9.03. The van der Waals surface area contributed by atoms with Gasteiger partial charge < -0.3 is 9.31 Å². The molecule has 0 N–H and O–H groups in total. The van der Waals surface area contributed by atoms with E-state index in [1.807, 2.05) is 57.9 Å². The van der Waals surface area contributed by atoms with E-state index in [0.29, 0.717) is 5.56 Å². The van der Waals surface area contributed by atoms with Crippen molar-refractivity contribution in [2.75, 3.05) is 0 Å². The van der Waals surface area contributed by atoms with Crippen molar-refractivity contribution >= 4 is 13.2 Å². The van der Waals surface area contributed by atoms with E-state index in [4.69, 9.17) is 14.6 Å². The van der Waals surface area contributed by atoms with Gasteiger partial charge in [-0.1, -0.05) is 30.3 Å². The summed E-state index contributed by atoms with van der Waals surface area (Å²) < 4.78 is 11.7. The Hall–Kier alpha value is -1.57. The molecule has 4 heteroatoms. The SMILES string of the molecule is CC1(C)OB(/C=C/c2ccccc2C#N)OC1(C)C. The third-order valence-electron chi connectivity index (χ3n) is 3.79. The van der Waals surface area contributed by atoms with Crippen molar-refractivity contribution in [3.8, 4) is 6.07 Å². The van der Waals surface area contributed by atoms with Gasteiger partial charge in [-0.2, -0.15) is 5.26 Å². The topological polar surface area (TPSA) is 42.2 Å². The standard InChI is InChI=1S/C15H18BNO2/c1-14(2)15(3,4)19-16(18-14)10-9-12-7-5-6-8-13(12)11-17/h5-10H,1-4H3/b10-9+. The number of rotatable bonds is 2. The number of benzene rings is 1. The van der Waals surface area contributed by atoms with Crippen molar-refractivity contribution < 1.29 is 9.31 Å². The van der Waals surface area contributed by atoms with Gasteiger partial charge in [-0.05, 0) is 39.3 Å². The van der Waals surface area contributed by atoms with Crippen molar-refractivity contribution in [3.05, 3.63) is 41.4 Å². The Balaban J connectivity index is 2.16. The molecule has 0 atom stereocenters. The van der Waals surface area contributed by atoms with E-state index in [1.54, 1.807) is 6.07 Å². The van der Waals surface area contributed by atoms with Gasteiger partial charge in [0.15, 0.2) is 0 Å². The molecule has 2 rings (SSSR count). The number of hydrogen-bond acceptors (Lipinski definition) is 3. The lowest BCUT2D eigenvalue weighted by Crippen LogP contribution is -2.41. The number of nitrogens with zero attached hydrogens (tertiary/aromatic N) is 1. The van der Waals surface area contributed by atoms with Crippen molar-refractivity contribution in [1.82, 2.24) is 0 Å². The zero-order valence-electron chi connectivity index (χ0n) is 11.8. The smallest absolute Gasteiger partial charge is 0.400 e. The second-order valence-electron chi connectivity index (χ2n) is 5.68. The van der Waals surface area contributed by atoms with Crippen LogP contribution in [0.3, 0.4) is 0 Å². The Kier molecular flexibility index (Phi) is 3.53. The van der Waals surface area contributed by atoms with Gasteiger partial charge in [-0.15, -0.1) is 0 Å². The molecule has 0 amide bonds. The predicted molar refractivity (Wildman–Crippen MR) is 76.3 cm³/mol. The summed E-state index contributed by atoms with van der Waals surface area (Å²) in [4.78, 5) is 0. The highest BCUT2D eigenvalue weighted by Crippen LogP contribution is 2.37. The molecule has 0 unspecified atom stereocenters. The summed E-state index contributed by atoms with van der Waals surface area (Å²) in [6, 6.07) is 9.63. The first-order valence-corrected chi connectivity index (χ1v) is 6.39. The lowest BCUT2D eigenvalue weighted by Gasteiger charge is -2.32. The minimum Gasteiger partial charge on any atom is -0.400 e. The third-order valence-corrected chi connectivity index (χ3v) is 3.79. The molecular weight excluding hydrogens is 237 g/mol. The highest BCUT2D eigenvalue weighted by atomic mass is 16.7. The minimum atomic E-state index is -0.378. The largest absolute Gasteiger partial charge is 0.487 e. The fourth-order valence-electron chi connectivity index (χ4n) is 1.89. The summed E-state index contributed by atoms with van der Waals surface area (Å²) in [7, 11) is -0.378. The van der Waals surface area contributed by atoms with Gasteiger partial charge in [0.05, 0.1) is 22.8 Å². The monoisotopic (exact) mass is 255 g/mol. The van der Waals surface area contributed by atoms with E-state index in [0.717, 1.165) is 5.56 Å². The van der Waals surface area contributed by atoms with Crippen LogP contribution in [0.15, 0.2) is 30.2 Å². The second kappa shape index (κ2) is 4.84. The summed E-state index contributed by atoms with van der Waals surface area (Å²) in [6.07, 6.45) is 1.88. The normalized spacial score (nSPS) is 20.7. The minimum absolute atomic E-state index is 0.337. The van der Waals surface area contributed by atoms with E-state index in [9.17, 15) is 0 Å². The molecule has 0 aromatic heterocycles. The van der Waals surface area contributed by atoms with E-state index in [1.165, 1.54) is 0 Å². The number of hydrogen-bond donors (Lipinski definition) is 0. The van der Waals surface area contributed by atoms with Gasteiger partial charge in [-0.25, -0.2) is 0 Å². The van der Waals surface area contributed by atoms with Crippen molar-refractivity contribution in [2.45, 2.75) is 38.9 Å².